The van der Waals surface area contributed by atoms with Gasteiger partial charge in [-0.3, -0.25) is 9.89 Å². The molecular formula is C20H40IN5. The molecule has 2 aliphatic heterocycles. The summed E-state index contributed by atoms with van der Waals surface area (Å²) in [5.41, 5.74) is 0. The van der Waals surface area contributed by atoms with Crippen LogP contribution in [0.5, 0.6) is 0 Å². The molecule has 2 N–H and O–H groups in total. The van der Waals surface area contributed by atoms with Gasteiger partial charge in [-0.2, -0.15) is 0 Å². The quantitative estimate of drug-likeness (QED) is 0.351. The van der Waals surface area contributed by atoms with E-state index in [4.69, 9.17) is 4.99 Å². The van der Waals surface area contributed by atoms with Gasteiger partial charge in [-0.25, -0.2) is 0 Å². The standard InChI is InChI=1S/C20H39N5.HI/c1-2-21-20(22-12-16-24-13-7-3-4-8-14-24)23-18-11-15-25(17-18)19-9-5-6-10-19;/h18-19H,2-17H2,1H3,(H2,21,22,23);1H. The predicted molar refractivity (Wildman–Crippen MR) is 122 cm³/mol. The van der Waals surface area contributed by atoms with Crippen LogP contribution in [0.2, 0.25) is 0 Å². The molecule has 3 fully saturated rings. The normalized spacial score (nSPS) is 26.5. The van der Waals surface area contributed by atoms with Gasteiger partial charge in [0.15, 0.2) is 5.96 Å². The van der Waals surface area contributed by atoms with Gasteiger partial charge < -0.3 is 15.5 Å². The minimum Gasteiger partial charge on any atom is -0.357 e. The van der Waals surface area contributed by atoms with Gasteiger partial charge in [0.25, 0.3) is 0 Å². The van der Waals surface area contributed by atoms with Crippen molar-refractivity contribution >= 4 is 29.9 Å². The largest absolute Gasteiger partial charge is 0.357 e. The number of rotatable bonds is 6. The SMILES string of the molecule is CCNC(=NCCN1CCCCCC1)NC1CCN(C2CCCC2)C1.I. The molecule has 26 heavy (non-hydrogen) atoms. The summed E-state index contributed by atoms with van der Waals surface area (Å²) < 4.78 is 0. The fraction of sp³-hybridized carbons (Fsp3) is 0.950. The second-order valence-corrected chi connectivity index (χ2v) is 8.08. The van der Waals surface area contributed by atoms with Gasteiger partial charge in [-0.1, -0.05) is 25.7 Å². The smallest absolute Gasteiger partial charge is 0.191 e. The Morgan fingerprint density at radius 3 is 2.38 bits per heavy atom. The highest BCUT2D eigenvalue weighted by molar-refractivity contribution is 14.0. The van der Waals surface area contributed by atoms with Gasteiger partial charge in [0.2, 0.25) is 0 Å². The van der Waals surface area contributed by atoms with Crippen molar-refractivity contribution in [1.29, 1.82) is 0 Å². The molecule has 6 heteroatoms. The lowest BCUT2D eigenvalue weighted by Gasteiger charge is -2.24. The van der Waals surface area contributed by atoms with E-state index in [1.54, 1.807) is 0 Å². The minimum absolute atomic E-state index is 0. The lowest BCUT2D eigenvalue weighted by molar-refractivity contribution is 0.242. The maximum absolute atomic E-state index is 4.86. The highest BCUT2D eigenvalue weighted by Gasteiger charge is 2.30. The van der Waals surface area contributed by atoms with Crippen molar-refractivity contribution < 1.29 is 0 Å². The van der Waals surface area contributed by atoms with Crippen LogP contribution in [0.4, 0.5) is 0 Å². The van der Waals surface area contributed by atoms with Crippen molar-refractivity contribution in [2.24, 2.45) is 4.99 Å². The Kier molecular flexibility index (Phi) is 10.6. The molecule has 3 aliphatic rings. The molecule has 0 aromatic carbocycles. The molecular weight excluding hydrogens is 437 g/mol. The molecule has 0 bridgehead atoms. The fourth-order valence-electron chi connectivity index (χ4n) is 4.68. The number of guanidine groups is 1. The van der Waals surface area contributed by atoms with Gasteiger partial charge in [0, 0.05) is 38.3 Å². The van der Waals surface area contributed by atoms with Crippen LogP contribution in [0, 0.1) is 0 Å². The molecule has 0 amide bonds. The first kappa shape index (κ1) is 22.2. The average Bonchev–Trinajstić information content (AvgIpc) is 3.23. The summed E-state index contributed by atoms with van der Waals surface area (Å²) in [5.74, 6) is 1.02. The Labute approximate surface area is 177 Å². The summed E-state index contributed by atoms with van der Waals surface area (Å²) in [7, 11) is 0. The van der Waals surface area contributed by atoms with Gasteiger partial charge in [0.05, 0.1) is 6.54 Å². The average molecular weight is 477 g/mol. The third-order valence-corrected chi connectivity index (χ3v) is 6.13. The number of nitrogens with one attached hydrogen (secondary N) is 2. The van der Waals surface area contributed by atoms with Crippen molar-refractivity contribution in [2.75, 3.05) is 45.8 Å². The van der Waals surface area contributed by atoms with Crippen LogP contribution < -0.4 is 10.6 Å². The second kappa shape index (κ2) is 12.4. The van der Waals surface area contributed by atoms with E-state index in [-0.39, 0.29) is 24.0 Å². The number of halogens is 1. The van der Waals surface area contributed by atoms with Gasteiger partial charge in [0.1, 0.15) is 0 Å². The van der Waals surface area contributed by atoms with Gasteiger partial charge in [-0.15, -0.1) is 24.0 Å². The predicted octanol–water partition coefficient (Wildman–Crippen LogP) is 3.05. The summed E-state index contributed by atoms with van der Waals surface area (Å²) in [4.78, 5) is 10.2. The number of hydrogen-bond acceptors (Lipinski definition) is 3. The number of nitrogens with zero attached hydrogens (tertiary/aromatic N) is 3. The molecule has 1 atom stereocenters. The van der Waals surface area contributed by atoms with E-state index in [0.717, 1.165) is 31.6 Å². The number of likely N-dealkylation sites (tertiary alicyclic amines) is 2. The van der Waals surface area contributed by atoms with Crippen LogP contribution in [0.1, 0.15) is 64.7 Å². The lowest BCUT2D eigenvalue weighted by Crippen LogP contribution is -2.45. The van der Waals surface area contributed by atoms with Crippen molar-refractivity contribution in [2.45, 2.75) is 76.8 Å². The molecule has 5 nitrogen and oxygen atoms in total. The zero-order valence-electron chi connectivity index (χ0n) is 16.7. The Bertz CT molecular complexity index is 403. The molecule has 0 spiro atoms. The fourth-order valence-corrected chi connectivity index (χ4v) is 4.68. The van der Waals surface area contributed by atoms with Crippen LogP contribution in [0.3, 0.4) is 0 Å². The molecule has 2 heterocycles. The first-order valence-corrected chi connectivity index (χ1v) is 10.9. The summed E-state index contributed by atoms with van der Waals surface area (Å²) in [5, 5.41) is 7.14. The number of hydrogen-bond donors (Lipinski definition) is 2. The molecule has 2 saturated heterocycles. The third kappa shape index (κ3) is 7.15. The van der Waals surface area contributed by atoms with Crippen LogP contribution in [0.15, 0.2) is 4.99 Å². The molecule has 1 aliphatic carbocycles. The van der Waals surface area contributed by atoms with Crippen LogP contribution in [0.25, 0.3) is 0 Å². The van der Waals surface area contributed by atoms with Crippen molar-refractivity contribution in [1.82, 2.24) is 20.4 Å². The van der Waals surface area contributed by atoms with E-state index in [1.807, 2.05) is 0 Å². The van der Waals surface area contributed by atoms with E-state index < -0.39 is 0 Å². The van der Waals surface area contributed by atoms with E-state index >= 15 is 0 Å². The zero-order valence-corrected chi connectivity index (χ0v) is 19.0. The van der Waals surface area contributed by atoms with E-state index in [9.17, 15) is 0 Å². The second-order valence-electron chi connectivity index (χ2n) is 8.08. The highest BCUT2D eigenvalue weighted by atomic mass is 127. The maximum Gasteiger partial charge on any atom is 0.191 e. The first-order valence-electron chi connectivity index (χ1n) is 10.9. The van der Waals surface area contributed by atoms with Crippen molar-refractivity contribution in [3.05, 3.63) is 0 Å². The first-order chi connectivity index (χ1) is 12.3. The van der Waals surface area contributed by atoms with Gasteiger partial charge in [-0.05, 0) is 52.1 Å². The molecule has 0 radical (unpaired) electrons. The summed E-state index contributed by atoms with van der Waals surface area (Å²) in [6.07, 6.45) is 12.5. The molecule has 0 aromatic rings. The highest BCUT2D eigenvalue weighted by Crippen LogP contribution is 2.26. The van der Waals surface area contributed by atoms with Crippen LogP contribution >= 0.6 is 24.0 Å². The summed E-state index contributed by atoms with van der Waals surface area (Å²) in [6.45, 7) is 10.1. The van der Waals surface area contributed by atoms with Gasteiger partial charge >= 0.3 is 0 Å². The summed E-state index contributed by atoms with van der Waals surface area (Å²) >= 11 is 0. The monoisotopic (exact) mass is 477 g/mol. The zero-order chi connectivity index (χ0) is 17.3. The van der Waals surface area contributed by atoms with E-state index in [2.05, 4.69) is 27.4 Å². The molecule has 1 unspecified atom stereocenters. The molecule has 3 rings (SSSR count). The van der Waals surface area contributed by atoms with E-state index in [0.29, 0.717) is 6.04 Å². The topological polar surface area (TPSA) is 42.9 Å². The Morgan fingerprint density at radius 2 is 1.69 bits per heavy atom. The van der Waals surface area contributed by atoms with E-state index in [1.165, 1.54) is 84.0 Å². The Balaban J connectivity index is 0.00000243. The lowest BCUT2D eigenvalue weighted by atomic mass is 10.2. The third-order valence-electron chi connectivity index (χ3n) is 6.13. The van der Waals surface area contributed by atoms with Crippen molar-refractivity contribution in [3.63, 3.8) is 0 Å². The van der Waals surface area contributed by atoms with Crippen LogP contribution in [-0.2, 0) is 0 Å². The Morgan fingerprint density at radius 1 is 0.962 bits per heavy atom. The maximum atomic E-state index is 4.86. The van der Waals surface area contributed by atoms with Crippen LogP contribution in [-0.4, -0.2) is 73.7 Å². The summed E-state index contributed by atoms with van der Waals surface area (Å²) in [6, 6.07) is 1.42. The molecule has 152 valence electrons. The minimum atomic E-state index is 0. The van der Waals surface area contributed by atoms with Crippen molar-refractivity contribution in [3.8, 4) is 0 Å². The Hall–Kier alpha value is -0.0800. The number of aliphatic imine (C=N–C) groups is 1. The molecule has 0 aromatic heterocycles. The molecule has 1 saturated carbocycles.